The third-order valence-corrected chi connectivity index (χ3v) is 4.05. The molecule has 2 aliphatic rings. The number of amides is 2. The Bertz CT molecular complexity index is 408. The number of carboxylic acids is 1. The average Bonchev–Trinajstić information content (AvgIpc) is 2.41. The SMILES string of the molecule is CCC1COC(C)CN1C(=O)N1CC(C)(OCC(=O)O)C1. The molecule has 2 fully saturated rings. The minimum Gasteiger partial charge on any atom is -0.480 e. The quantitative estimate of drug-likeness (QED) is 0.830. The van der Waals surface area contributed by atoms with Gasteiger partial charge in [0.05, 0.1) is 31.8 Å². The molecule has 7 heteroatoms. The number of carboxylic acid groups (broad SMARTS) is 1. The molecule has 2 saturated heterocycles. The standard InChI is InChI=1S/C14H24N2O5/c1-4-11-6-20-10(2)5-16(11)13(19)15-8-14(3,9-15)21-7-12(17)18/h10-11H,4-9H2,1-3H3,(H,17,18). The highest BCUT2D eigenvalue weighted by Gasteiger charge is 2.45. The maximum Gasteiger partial charge on any atom is 0.329 e. The lowest BCUT2D eigenvalue weighted by atomic mass is 9.96. The zero-order chi connectivity index (χ0) is 15.6. The van der Waals surface area contributed by atoms with Gasteiger partial charge < -0.3 is 24.4 Å². The first-order chi connectivity index (χ1) is 9.84. The topological polar surface area (TPSA) is 79.3 Å². The molecule has 0 aromatic heterocycles. The number of carbonyl (C=O) groups is 2. The van der Waals surface area contributed by atoms with Crippen LogP contribution in [0.25, 0.3) is 0 Å². The minimum absolute atomic E-state index is 0.00611. The molecule has 2 heterocycles. The van der Waals surface area contributed by atoms with Crippen molar-refractivity contribution in [2.75, 3.05) is 32.8 Å². The van der Waals surface area contributed by atoms with E-state index in [1.54, 1.807) is 4.90 Å². The fourth-order valence-electron chi connectivity index (χ4n) is 2.82. The van der Waals surface area contributed by atoms with Gasteiger partial charge in [0.2, 0.25) is 0 Å². The molecule has 2 rings (SSSR count). The van der Waals surface area contributed by atoms with E-state index in [2.05, 4.69) is 0 Å². The summed E-state index contributed by atoms with van der Waals surface area (Å²) >= 11 is 0. The highest BCUT2D eigenvalue weighted by Crippen LogP contribution is 2.27. The van der Waals surface area contributed by atoms with Crippen molar-refractivity contribution in [1.82, 2.24) is 9.80 Å². The van der Waals surface area contributed by atoms with Crippen LogP contribution in [-0.2, 0) is 14.3 Å². The predicted octanol–water partition coefficient (Wildman–Crippen LogP) is 0.781. The third-order valence-electron chi connectivity index (χ3n) is 4.05. The lowest BCUT2D eigenvalue weighted by molar-refractivity contribution is -0.161. The Morgan fingerprint density at radius 3 is 2.67 bits per heavy atom. The van der Waals surface area contributed by atoms with Gasteiger partial charge in [0, 0.05) is 6.54 Å². The van der Waals surface area contributed by atoms with Gasteiger partial charge in [0.25, 0.3) is 0 Å². The van der Waals surface area contributed by atoms with Gasteiger partial charge >= 0.3 is 12.0 Å². The van der Waals surface area contributed by atoms with Crippen LogP contribution < -0.4 is 0 Å². The van der Waals surface area contributed by atoms with Crippen molar-refractivity contribution in [1.29, 1.82) is 0 Å². The number of likely N-dealkylation sites (tertiary alicyclic amines) is 1. The number of nitrogens with zero attached hydrogens (tertiary/aromatic N) is 2. The average molecular weight is 300 g/mol. The van der Waals surface area contributed by atoms with Gasteiger partial charge in [-0.25, -0.2) is 9.59 Å². The lowest BCUT2D eigenvalue weighted by Gasteiger charge is -2.50. The van der Waals surface area contributed by atoms with Crippen LogP contribution in [0.1, 0.15) is 27.2 Å². The zero-order valence-corrected chi connectivity index (χ0v) is 12.9. The maximum atomic E-state index is 12.5. The Kier molecular flexibility index (Phi) is 4.73. The highest BCUT2D eigenvalue weighted by molar-refractivity contribution is 5.76. The van der Waals surface area contributed by atoms with Crippen molar-refractivity contribution in [3.8, 4) is 0 Å². The van der Waals surface area contributed by atoms with Gasteiger partial charge in [-0.1, -0.05) is 6.92 Å². The molecule has 7 nitrogen and oxygen atoms in total. The molecular weight excluding hydrogens is 276 g/mol. The van der Waals surface area contributed by atoms with Crippen LogP contribution in [0.15, 0.2) is 0 Å². The van der Waals surface area contributed by atoms with Gasteiger partial charge in [-0.15, -0.1) is 0 Å². The van der Waals surface area contributed by atoms with Gasteiger partial charge in [-0.2, -0.15) is 0 Å². The summed E-state index contributed by atoms with van der Waals surface area (Å²) in [6.45, 7) is 7.54. The van der Waals surface area contributed by atoms with Crippen molar-refractivity contribution in [2.45, 2.75) is 44.9 Å². The van der Waals surface area contributed by atoms with E-state index >= 15 is 0 Å². The van der Waals surface area contributed by atoms with Crippen LogP contribution in [-0.4, -0.2) is 77.5 Å². The largest absolute Gasteiger partial charge is 0.480 e. The molecule has 2 atom stereocenters. The summed E-state index contributed by atoms with van der Waals surface area (Å²) in [4.78, 5) is 26.7. The van der Waals surface area contributed by atoms with Crippen LogP contribution >= 0.6 is 0 Å². The molecule has 0 aromatic rings. The molecule has 0 saturated carbocycles. The van der Waals surface area contributed by atoms with Crippen LogP contribution in [0, 0.1) is 0 Å². The summed E-state index contributed by atoms with van der Waals surface area (Å²) in [5.74, 6) is -0.992. The number of rotatable bonds is 4. The molecule has 0 bridgehead atoms. The molecule has 21 heavy (non-hydrogen) atoms. The minimum atomic E-state index is -0.992. The number of aliphatic carboxylic acids is 1. The number of hydrogen-bond acceptors (Lipinski definition) is 4. The molecule has 0 spiro atoms. The molecular formula is C14H24N2O5. The Morgan fingerprint density at radius 2 is 2.10 bits per heavy atom. The summed E-state index contributed by atoms with van der Waals surface area (Å²) < 4.78 is 10.9. The Labute approximate surface area is 124 Å². The zero-order valence-electron chi connectivity index (χ0n) is 12.9. The summed E-state index contributed by atoms with van der Waals surface area (Å²) in [6.07, 6.45) is 0.909. The van der Waals surface area contributed by atoms with Crippen molar-refractivity contribution < 1.29 is 24.2 Å². The predicted molar refractivity (Wildman–Crippen MR) is 75.2 cm³/mol. The fourth-order valence-corrected chi connectivity index (χ4v) is 2.82. The van der Waals surface area contributed by atoms with E-state index in [4.69, 9.17) is 14.6 Å². The van der Waals surface area contributed by atoms with E-state index < -0.39 is 11.6 Å². The Balaban J connectivity index is 1.88. The molecule has 0 aliphatic carbocycles. The van der Waals surface area contributed by atoms with E-state index in [0.29, 0.717) is 26.2 Å². The van der Waals surface area contributed by atoms with E-state index in [1.807, 2.05) is 25.7 Å². The summed E-state index contributed by atoms with van der Waals surface area (Å²) in [7, 11) is 0. The first kappa shape index (κ1) is 16.0. The second-order valence-corrected chi connectivity index (χ2v) is 6.13. The van der Waals surface area contributed by atoms with E-state index in [0.717, 1.165) is 6.42 Å². The van der Waals surface area contributed by atoms with Gasteiger partial charge in [-0.3, -0.25) is 0 Å². The fraction of sp³-hybridized carbons (Fsp3) is 0.857. The molecule has 2 aliphatic heterocycles. The second kappa shape index (κ2) is 6.19. The molecule has 120 valence electrons. The summed E-state index contributed by atoms with van der Waals surface area (Å²) in [6, 6.07) is 0.105. The van der Waals surface area contributed by atoms with Gasteiger partial charge in [0.15, 0.2) is 0 Å². The Morgan fingerprint density at radius 1 is 1.43 bits per heavy atom. The number of urea groups is 1. The number of ether oxygens (including phenoxy) is 2. The normalized spacial score (nSPS) is 28.1. The van der Waals surface area contributed by atoms with Crippen molar-refractivity contribution in [2.24, 2.45) is 0 Å². The molecule has 0 aromatic carbocycles. The second-order valence-electron chi connectivity index (χ2n) is 6.13. The third kappa shape index (κ3) is 3.65. The maximum absolute atomic E-state index is 12.5. The van der Waals surface area contributed by atoms with Gasteiger partial charge in [-0.05, 0) is 20.3 Å². The van der Waals surface area contributed by atoms with E-state index in [9.17, 15) is 9.59 Å². The summed E-state index contributed by atoms with van der Waals surface area (Å²) in [5, 5.41) is 8.64. The van der Waals surface area contributed by atoms with Crippen molar-refractivity contribution >= 4 is 12.0 Å². The van der Waals surface area contributed by atoms with Crippen LogP contribution in [0.3, 0.4) is 0 Å². The van der Waals surface area contributed by atoms with E-state index in [1.165, 1.54) is 0 Å². The number of morpholine rings is 1. The van der Waals surface area contributed by atoms with Crippen LogP contribution in [0.4, 0.5) is 4.79 Å². The first-order valence-electron chi connectivity index (χ1n) is 7.37. The van der Waals surface area contributed by atoms with Crippen molar-refractivity contribution in [3.63, 3.8) is 0 Å². The molecule has 0 radical (unpaired) electrons. The lowest BCUT2D eigenvalue weighted by Crippen LogP contribution is -2.67. The summed E-state index contributed by atoms with van der Waals surface area (Å²) in [5.41, 5.74) is -0.548. The van der Waals surface area contributed by atoms with Gasteiger partial charge in [0.1, 0.15) is 12.2 Å². The number of hydrogen-bond donors (Lipinski definition) is 1. The first-order valence-corrected chi connectivity index (χ1v) is 7.37. The molecule has 2 amide bonds. The number of carbonyl (C=O) groups excluding carboxylic acids is 1. The Hall–Kier alpha value is -1.34. The molecule has 2 unspecified atom stereocenters. The monoisotopic (exact) mass is 300 g/mol. The highest BCUT2D eigenvalue weighted by atomic mass is 16.5. The van der Waals surface area contributed by atoms with Crippen LogP contribution in [0.5, 0.6) is 0 Å². The van der Waals surface area contributed by atoms with Crippen molar-refractivity contribution in [3.05, 3.63) is 0 Å². The van der Waals surface area contributed by atoms with E-state index in [-0.39, 0.29) is 24.8 Å². The smallest absolute Gasteiger partial charge is 0.329 e. The molecule has 1 N–H and O–H groups in total. The van der Waals surface area contributed by atoms with Crippen LogP contribution in [0.2, 0.25) is 0 Å².